The van der Waals surface area contributed by atoms with E-state index in [0.717, 1.165) is 11.3 Å². The van der Waals surface area contributed by atoms with E-state index in [1.165, 1.54) is 11.8 Å². The Kier molecular flexibility index (Phi) is 4.70. The van der Waals surface area contributed by atoms with Gasteiger partial charge in [-0.1, -0.05) is 30.0 Å². The first-order valence-electron chi connectivity index (χ1n) is 8.55. The Balaban J connectivity index is 1.50. The molecule has 4 aromatic rings. The molecule has 28 heavy (non-hydrogen) atoms. The summed E-state index contributed by atoms with van der Waals surface area (Å²) in [5.41, 5.74) is 3.52. The van der Waals surface area contributed by atoms with Gasteiger partial charge in [0.25, 0.3) is 0 Å². The Hall–Kier alpha value is -3.40. The van der Waals surface area contributed by atoms with Crippen molar-refractivity contribution in [1.82, 2.24) is 30.2 Å². The van der Waals surface area contributed by atoms with E-state index in [4.69, 9.17) is 0 Å². The predicted molar refractivity (Wildman–Crippen MR) is 107 cm³/mol. The highest BCUT2D eigenvalue weighted by atomic mass is 32.2. The van der Waals surface area contributed by atoms with Crippen molar-refractivity contribution >= 4 is 34.4 Å². The van der Waals surface area contributed by atoms with Crippen LogP contribution in [0.15, 0.2) is 52.4 Å². The third kappa shape index (κ3) is 3.54. The molecule has 10 heteroatoms. The summed E-state index contributed by atoms with van der Waals surface area (Å²) in [6, 6.07) is 12.9. The lowest BCUT2D eigenvalue weighted by Crippen LogP contribution is -2.23. The second kappa shape index (κ2) is 7.31. The summed E-state index contributed by atoms with van der Waals surface area (Å²) in [4.78, 5) is 29.3. The first kappa shape index (κ1) is 18.0. The van der Waals surface area contributed by atoms with Crippen LogP contribution in [0, 0.1) is 6.92 Å². The van der Waals surface area contributed by atoms with Gasteiger partial charge in [0.1, 0.15) is 0 Å². The number of tetrazole rings is 1. The molecule has 0 radical (unpaired) electrons. The molecule has 0 saturated heterocycles. The summed E-state index contributed by atoms with van der Waals surface area (Å²) in [6.45, 7) is 3.76. The summed E-state index contributed by atoms with van der Waals surface area (Å²) in [6.07, 6.45) is 0. The number of nitrogens with one attached hydrogen (secondary N) is 3. The van der Waals surface area contributed by atoms with E-state index in [0.29, 0.717) is 21.9 Å². The predicted octanol–water partition coefficient (Wildman–Crippen LogP) is 2.26. The van der Waals surface area contributed by atoms with Gasteiger partial charge in [0.05, 0.1) is 22.0 Å². The first-order chi connectivity index (χ1) is 13.5. The molecular formula is C18H17N7O2S. The molecule has 0 aliphatic carbocycles. The first-order valence-corrected chi connectivity index (χ1v) is 9.43. The number of aromatic amines is 2. The van der Waals surface area contributed by atoms with Gasteiger partial charge in [-0.3, -0.25) is 4.79 Å². The summed E-state index contributed by atoms with van der Waals surface area (Å²) < 4.78 is 1.63. The van der Waals surface area contributed by atoms with Crippen molar-refractivity contribution in [3.63, 3.8) is 0 Å². The number of para-hydroxylation sites is 1. The topological polar surface area (TPSA) is 121 Å². The molecular weight excluding hydrogens is 378 g/mol. The van der Waals surface area contributed by atoms with E-state index in [2.05, 4.69) is 30.8 Å². The van der Waals surface area contributed by atoms with Crippen molar-refractivity contribution in [2.75, 3.05) is 5.32 Å². The Bertz CT molecular complexity index is 1210. The quantitative estimate of drug-likeness (QED) is 0.446. The van der Waals surface area contributed by atoms with Crippen molar-refractivity contribution in [3.8, 4) is 5.69 Å². The van der Waals surface area contributed by atoms with Gasteiger partial charge in [-0.05, 0) is 54.1 Å². The molecule has 2 aromatic carbocycles. The van der Waals surface area contributed by atoms with Crippen LogP contribution in [0.5, 0.6) is 0 Å². The van der Waals surface area contributed by atoms with Crippen LogP contribution in [0.25, 0.3) is 16.7 Å². The van der Waals surface area contributed by atoms with Gasteiger partial charge >= 0.3 is 5.69 Å². The van der Waals surface area contributed by atoms with E-state index in [-0.39, 0.29) is 11.6 Å². The van der Waals surface area contributed by atoms with Gasteiger partial charge in [-0.15, -0.1) is 5.10 Å². The summed E-state index contributed by atoms with van der Waals surface area (Å²) >= 11 is 1.27. The monoisotopic (exact) mass is 395 g/mol. The zero-order chi connectivity index (χ0) is 19.7. The van der Waals surface area contributed by atoms with Gasteiger partial charge in [-0.2, -0.15) is 4.68 Å². The van der Waals surface area contributed by atoms with Gasteiger partial charge in [0.2, 0.25) is 11.1 Å². The average molecular weight is 395 g/mol. The molecule has 2 heterocycles. The summed E-state index contributed by atoms with van der Waals surface area (Å²) in [7, 11) is 0. The second-order valence-corrected chi connectivity index (χ2v) is 7.56. The summed E-state index contributed by atoms with van der Waals surface area (Å²) in [5, 5.41) is 14.8. The molecule has 0 unspecified atom stereocenters. The lowest BCUT2D eigenvalue weighted by atomic mass is 10.2. The van der Waals surface area contributed by atoms with Crippen LogP contribution in [0.2, 0.25) is 0 Å². The Labute approximate surface area is 163 Å². The minimum Gasteiger partial charge on any atom is -0.325 e. The fourth-order valence-electron chi connectivity index (χ4n) is 2.77. The Morgan fingerprint density at radius 2 is 1.96 bits per heavy atom. The molecule has 0 fully saturated rings. The number of H-pyrrole nitrogens is 2. The Morgan fingerprint density at radius 1 is 1.18 bits per heavy atom. The number of aromatic nitrogens is 6. The number of thioether (sulfide) groups is 1. The number of hydrogen-bond donors (Lipinski definition) is 3. The highest BCUT2D eigenvalue weighted by molar-refractivity contribution is 8.00. The van der Waals surface area contributed by atoms with Crippen LogP contribution in [0.1, 0.15) is 12.5 Å². The average Bonchev–Trinajstić information content (AvgIpc) is 3.27. The minimum atomic E-state index is -0.435. The number of amides is 1. The van der Waals surface area contributed by atoms with Gasteiger partial charge in [-0.25, -0.2) is 4.79 Å². The number of nitrogens with zero attached hydrogens (tertiary/aromatic N) is 4. The van der Waals surface area contributed by atoms with Crippen LogP contribution in [0.4, 0.5) is 5.69 Å². The van der Waals surface area contributed by atoms with Crippen LogP contribution in [0.3, 0.4) is 0 Å². The van der Waals surface area contributed by atoms with E-state index in [1.807, 2.05) is 31.2 Å². The maximum absolute atomic E-state index is 12.6. The molecule has 0 aliphatic rings. The molecule has 9 nitrogen and oxygen atoms in total. The molecule has 4 rings (SSSR count). The highest BCUT2D eigenvalue weighted by Crippen LogP contribution is 2.25. The zero-order valence-corrected chi connectivity index (χ0v) is 15.9. The fraction of sp³-hybridized carbons (Fsp3) is 0.167. The van der Waals surface area contributed by atoms with Crippen molar-refractivity contribution in [2.24, 2.45) is 0 Å². The van der Waals surface area contributed by atoms with Crippen LogP contribution in [-0.4, -0.2) is 41.3 Å². The third-order valence-electron chi connectivity index (χ3n) is 4.22. The number of hydrogen-bond acceptors (Lipinski definition) is 6. The lowest BCUT2D eigenvalue weighted by molar-refractivity contribution is -0.115. The molecule has 3 N–H and O–H groups in total. The van der Waals surface area contributed by atoms with Crippen LogP contribution < -0.4 is 11.0 Å². The maximum Gasteiger partial charge on any atom is 0.323 e. The smallest absolute Gasteiger partial charge is 0.323 e. The van der Waals surface area contributed by atoms with Gasteiger partial charge in [0, 0.05) is 5.69 Å². The number of imidazole rings is 1. The minimum absolute atomic E-state index is 0.193. The van der Waals surface area contributed by atoms with Crippen molar-refractivity contribution in [3.05, 3.63) is 58.5 Å². The molecule has 0 bridgehead atoms. The normalized spacial score (nSPS) is 12.2. The number of fused-ring (bicyclic) bond motifs is 1. The highest BCUT2D eigenvalue weighted by Gasteiger charge is 2.20. The number of aryl methyl sites for hydroxylation is 1. The molecule has 1 atom stereocenters. The van der Waals surface area contributed by atoms with Gasteiger partial charge in [0.15, 0.2) is 0 Å². The maximum atomic E-state index is 12.6. The molecule has 0 saturated carbocycles. The second-order valence-electron chi connectivity index (χ2n) is 6.25. The van der Waals surface area contributed by atoms with E-state index < -0.39 is 5.25 Å². The molecule has 0 aliphatic heterocycles. The third-order valence-corrected chi connectivity index (χ3v) is 5.25. The van der Waals surface area contributed by atoms with Gasteiger partial charge < -0.3 is 15.3 Å². The van der Waals surface area contributed by atoms with E-state index in [1.54, 1.807) is 29.8 Å². The SMILES string of the molecule is Cc1ccccc1-n1nnnc1S[C@H](C)C(=O)Nc1ccc2[nH]c(=O)[nH]c2c1. The lowest BCUT2D eigenvalue weighted by Gasteiger charge is -2.12. The number of carbonyl (C=O) groups is 1. The van der Waals surface area contributed by atoms with Crippen molar-refractivity contribution in [1.29, 1.82) is 0 Å². The Morgan fingerprint density at radius 3 is 2.79 bits per heavy atom. The number of anilines is 1. The standard InChI is InChI=1S/C18H17N7O2S/c1-10-5-3-4-6-15(10)25-18(22-23-24-25)28-11(2)16(26)19-12-7-8-13-14(9-12)21-17(27)20-13/h3-9,11H,1-2H3,(H,19,26)(H2,20,21,27)/t11-/m1/s1. The van der Waals surface area contributed by atoms with E-state index in [9.17, 15) is 9.59 Å². The molecule has 0 spiro atoms. The number of carbonyl (C=O) groups excluding carboxylic acids is 1. The largest absolute Gasteiger partial charge is 0.325 e. The molecule has 142 valence electrons. The zero-order valence-electron chi connectivity index (χ0n) is 15.1. The summed E-state index contributed by atoms with van der Waals surface area (Å²) in [5.74, 6) is -0.193. The van der Waals surface area contributed by atoms with Crippen LogP contribution in [-0.2, 0) is 4.79 Å². The molecule has 2 aromatic heterocycles. The van der Waals surface area contributed by atoms with Crippen molar-refractivity contribution < 1.29 is 4.79 Å². The van der Waals surface area contributed by atoms with E-state index >= 15 is 0 Å². The van der Waals surface area contributed by atoms with Crippen molar-refractivity contribution in [2.45, 2.75) is 24.3 Å². The number of benzene rings is 2. The fourth-order valence-corrected chi connectivity index (χ4v) is 3.57. The van der Waals surface area contributed by atoms with Crippen LogP contribution >= 0.6 is 11.8 Å². The number of rotatable bonds is 5. The molecule has 1 amide bonds.